The van der Waals surface area contributed by atoms with E-state index in [4.69, 9.17) is 15.0 Å². The Morgan fingerprint density at radius 3 is 2.48 bits per heavy atom. The number of hydrogen-bond acceptors (Lipinski definition) is 6. The first kappa shape index (κ1) is 21.0. The van der Waals surface area contributed by atoms with E-state index < -0.39 is 23.9 Å². The van der Waals surface area contributed by atoms with Crippen LogP contribution in [0, 0.1) is 0 Å². The molecule has 0 aliphatic carbocycles. The molecule has 0 aliphatic rings. The molecule has 136 valence electrons. The predicted octanol–water partition coefficient (Wildman–Crippen LogP) is 1.50. The molecule has 0 radical (unpaired) electrons. The van der Waals surface area contributed by atoms with Crippen LogP contribution in [0.2, 0.25) is 0 Å². The molecule has 1 N–H and O–H groups in total. The monoisotopic (exact) mass is 441 g/mol. The molecule has 0 saturated heterocycles. The third-order valence-electron chi connectivity index (χ3n) is 2.46. The number of pyridine rings is 1. The second-order valence-electron chi connectivity index (χ2n) is 4.50. The van der Waals surface area contributed by atoms with Crippen molar-refractivity contribution in [1.29, 1.82) is 0 Å². The van der Waals surface area contributed by atoms with Gasteiger partial charge in [-0.25, -0.2) is 9.55 Å². The van der Waals surface area contributed by atoms with Crippen LogP contribution >= 0.6 is 27.5 Å². The summed E-state index contributed by atoms with van der Waals surface area (Å²) >= 11 is 3.89. The largest absolute Gasteiger partial charge is 0.550 e. The van der Waals surface area contributed by atoms with Crippen LogP contribution in [0.1, 0.15) is 19.2 Å². The van der Waals surface area contributed by atoms with Gasteiger partial charge < -0.3 is 15.0 Å². The van der Waals surface area contributed by atoms with Gasteiger partial charge in [0.25, 0.3) is 0 Å². The van der Waals surface area contributed by atoms with Crippen LogP contribution in [0.4, 0.5) is 13.2 Å². The molecule has 0 spiro atoms. The van der Waals surface area contributed by atoms with Gasteiger partial charge in [0.1, 0.15) is 11.4 Å². The standard InChI is InChI=1S/C11H7BrF3N3O2S.C2H4O2/c12-7-5-18(4-2-8(19)20)3-1-6(7)9-16-10(17-21-9)11(13,14)15;1-2(3)4/h1,3,5H,2,4H2;1H3,(H,3,4). The second-order valence-corrected chi connectivity index (χ2v) is 6.11. The summed E-state index contributed by atoms with van der Waals surface area (Å²) in [5.74, 6) is -3.18. The number of nitrogens with zero attached hydrogens (tertiary/aromatic N) is 3. The molecule has 0 amide bonds. The molecule has 0 aromatic carbocycles. The van der Waals surface area contributed by atoms with Crippen molar-refractivity contribution in [2.24, 2.45) is 0 Å². The van der Waals surface area contributed by atoms with Gasteiger partial charge >= 0.3 is 12.1 Å². The number of carboxylic acid groups (broad SMARTS) is 2. The van der Waals surface area contributed by atoms with E-state index in [1.54, 1.807) is 23.0 Å². The molecule has 0 bridgehead atoms. The fraction of sp³-hybridized carbons (Fsp3) is 0.308. The van der Waals surface area contributed by atoms with Crippen molar-refractivity contribution in [1.82, 2.24) is 9.36 Å². The molecule has 2 aromatic heterocycles. The van der Waals surface area contributed by atoms with Crippen molar-refractivity contribution in [3.05, 3.63) is 28.8 Å². The van der Waals surface area contributed by atoms with Gasteiger partial charge in [0, 0.05) is 17.6 Å². The van der Waals surface area contributed by atoms with E-state index in [1.165, 1.54) is 0 Å². The normalized spacial score (nSPS) is 10.8. The molecular formula is C13H11BrF3N3O4S. The molecule has 2 heterocycles. The Labute approximate surface area is 152 Å². The fourth-order valence-electron chi connectivity index (χ4n) is 1.49. The zero-order valence-electron chi connectivity index (χ0n) is 12.6. The average Bonchev–Trinajstić information content (AvgIpc) is 2.94. The molecule has 2 rings (SSSR count). The highest BCUT2D eigenvalue weighted by Crippen LogP contribution is 2.33. The van der Waals surface area contributed by atoms with E-state index >= 15 is 0 Å². The molecule has 12 heteroatoms. The summed E-state index contributed by atoms with van der Waals surface area (Å²) in [6.07, 6.45) is -1.45. The van der Waals surface area contributed by atoms with E-state index in [-0.39, 0.29) is 18.0 Å². The molecule has 7 nitrogen and oxygen atoms in total. The van der Waals surface area contributed by atoms with Crippen molar-refractivity contribution in [2.75, 3.05) is 0 Å². The number of carbonyl (C=O) groups is 2. The Morgan fingerprint density at radius 2 is 2.04 bits per heavy atom. The minimum Gasteiger partial charge on any atom is -0.550 e. The Balaban J connectivity index is 0.000000705. The van der Waals surface area contributed by atoms with Crippen LogP contribution in [-0.2, 0) is 22.3 Å². The highest BCUT2D eigenvalue weighted by molar-refractivity contribution is 9.10. The van der Waals surface area contributed by atoms with Crippen molar-refractivity contribution < 1.29 is 37.5 Å². The maximum atomic E-state index is 12.5. The third-order valence-corrected chi connectivity index (χ3v) is 3.84. The minimum absolute atomic E-state index is 0.0481. The molecule has 25 heavy (non-hydrogen) atoms. The van der Waals surface area contributed by atoms with Crippen LogP contribution in [0.3, 0.4) is 0 Å². The summed E-state index contributed by atoms with van der Waals surface area (Å²) in [4.78, 5) is 22.8. The first-order valence-electron chi connectivity index (χ1n) is 6.50. The van der Waals surface area contributed by atoms with Crippen molar-refractivity contribution in [3.63, 3.8) is 0 Å². The van der Waals surface area contributed by atoms with Gasteiger partial charge in [0.2, 0.25) is 5.82 Å². The maximum Gasteiger partial charge on any atom is 0.452 e. The molecule has 2 aromatic rings. The Kier molecular flexibility index (Phi) is 7.42. The van der Waals surface area contributed by atoms with Gasteiger partial charge in [-0.3, -0.25) is 4.79 Å². The summed E-state index contributed by atoms with van der Waals surface area (Å²) in [5.41, 5.74) is 0.467. The number of hydrogen-bond donors (Lipinski definition) is 1. The summed E-state index contributed by atoms with van der Waals surface area (Å²) < 4.78 is 42.8. The third kappa shape index (κ3) is 7.13. The van der Waals surface area contributed by atoms with E-state index in [0.29, 0.717) is 21.6 Å². The highest BCUT2D eigenvalue weighted by atomic mass is 79.9. The van der Waals surface area contributed by atoms with Gasteiger partial charge in [-0.2, -0.15) is 17.5 Å². The topological polar surface area (TPSA) is 107 Å². The minimum atomic E-state index is -4.57. The van der Waals surface area contributed by atoms with E-state index in [9.17, 15) is 18.0 Å². The molecule has 0 saturated carbocycles. The SMILES string of the molecule is CC(=O)[O-].O=C(O)CC[n+]1ccc(-c2nc(C(F)(F)F)ns2)c(Br)c1. The number of carboxylic acids is 2. The summed E-state index contributed by atoms with van der Waals surface area (Å²) in [5, 5.41) is 17.6. The molecule has 0 aliphatic heterocycles. The first-order valence-corrected chi connectivity index (χ1v) is 8.06. The van der Waals surface area contributed by atoms with Crippen molar-refractivity contribution in [3.8, 4) is 10.6 Å². The lowest BCUT2D eigenvalue weighted by Crippen LogP contribution is -2.34. The Morgan fingerprint density at radius 1 is 1.44 bits per heavy atom. The lowest BCUT2D eigenvalue weighted by Gasteiger charge is -2.00. The molecule has 0 fully saturated rings. The van der Waals surface area contributed by atoms with Crippen LogP contribution in [0.25, 0.3) is 10.6 Å². The average molecular weight is 442 g/mol. The number of alkyl halides is 3. The lowest BCUT2D eigenvalue weighted by atomic mass is 10.3. The summed E-state index contributed by atoms with van der Waals surface area (Å²) in [6, 6.07) is 1.56. The predicted molar refractivity (Wildman–Crippen MR) is 81.2 cm³/mol. The number of halogens is 4. The van der Waals surface area contributed by atoms with Gasteiger partial charge in [-0.15, -0.1) is 0 Å². The summed E-state index contributed by atoms with van der Waals surface area (Å²) in [6.45, 7) is 1.23. The van der Waals surface area contributed by atoms with Gasteiger partial charge in [-0.05, 0) is 34.4 Å². The molecule has 0 unspecified atom stereocenters. The van der Waals surface area contributed by atoms with Crippen LogP contribution in [-0.4, -0.2) is 26.4 Å². The Hall–Kier alpha value is -2.08. The zero-order chi connectivity index (χ0) is 19.2. The van der Waals surface area contributed by atoms with Crippen molar-refractivity contribution in [2.45, 2.75) is 26.1 Å². The first-order chi connectivity index (χ1) is 11.5. The Bertz CT molecular complexity index is 763. The molecule has 0 atom stereocenters. The number of aliphatic carboxylic acids is 2. The van der Waals surface area contributed by atoms with Gasteiger partial charge in [0.05, 0.1) is 4.47 Å². The number of rotatable bonds is 4. The van der Waals surface area contributed by atoms with Gasteiger partial charge in [-0.1, -0.05) is 0 Å². The van der Waals surface area contributed by atoms with Crippen molar-refractivity contribution >= 4 is 39.4 Å². The fourth-order valence-corrected chi connectivity index (χ4v) is 2.93. The number of aryl methyl sites for hydroxylation is 1. The highest BCUT2D eigenvalue weighted by Gasteiger charge is 2.36. The summed E-state index contributed by atoms with van der Waals surface area (Å²) in [7, 11) is 0. The van der Waals surface area contributed by atoms with E-state index in [1.807, 2.05) is 0 Å². The number of aromatic nitrogens is 3. The van der Waals surface area contributed by atoms with E-state index in [0.717, 1.165) is 6.92 Å². The smallest absolute Gasteiger partial charge is 0.452 e. The van der Waals surface area contributed by atoms with Crippen LogP contribution < -0.4 is 9.67 Å². The zero-order valence-corrected chi connectivity index (χ0v) is 15.0. The molecular weight excluding hydrogens is 431 g/mol. The van der Waals surface area contributed by atoms with Gasteiger partial charge in [0.15, 0.2) is 18.9 Å². The van der Waals surface area contributed by atoms with Crippen LogP contribution in [0.15, 0.2) is 22.9 Å². The maximum absolute atomic E-state index is 12.5. The van der Waals surface area contributed by atoms with Crippen LogP contribution in [0.5, 0.6) is 0 Å². The van der Waals surface area contributed by atoms with E-state index in [2.05, 4.69) is 25.3 Å². The lowest BCUT2D eigenvalue weighted by molar-refractivity contribution is -0.696. The quantitative estimate of drug-likeness (QED) is 0.720. The second kappa shape index (κ2) is 8.85. The number of carbonyl (C=O) groups excluding carboxylic acids is 1.